The largest absolute Gasteiger partial charge is 0.272 e. The predicted molar refractivity (Wildman–Crippen MR) is 90.0 cm³/mol. The molecule has 0 aliphatic heterocycles. The van der Waals surface area contributed by atoms with E-state index in [4.69, 9.17) is 0 Å². The molecule has 0 saturated heterocycles. The highest BCUT2D eigenvalue weighted by atomic mass is 79.9. The van der Waals surface area contributed by atoms with Crippen molar-refractivity contribution >= 4 is 39.8 Å². The maximum Gasteiger partial charge on any atom is 0.272 e. The van der Waals surface area contributed by atoms with E-state index in [1.54, 1.807) is 36.5 Å². The van der Waals surface area contributed by atoms with E-state index in [9.17, 15) is 14.9 Å². The molecule has 0 radical (unpaired) electrons. The lowest BCUT2D eigenvalue weighted by atomic mass is 10.2. The third-order valence-electron chi connectivity index (χ3n) is 2.69. The normalized spacial score (nSPS) is 11.0. The second-order valence-electron chi connectivity index (χ2n) is 4.32. The van der Waals surface area contributed by atoms with Crippen LogP contribution in [0.2, 0.25) is 0 Å². The lowest BCUT2D eigenvalue weighted by molar-refractivity contribution is -0.384. The number of allylic oxidation sites excluding steroid dienone is 1. The fourth-order valence-corrected chi connectivity index (χ4v) is 1.97. The summed E-state index contributed by atoms with van der Waals surface area (Å²) in [5.74, 6) is -0.376. The highest BCUT2D eigenvalue weighted by Crippen LogP contribution is 2.12. The number of aromatic nitrogens is 1. The first-order valence-electron chi connectivity index (χ1n) is 6.41. The molecule has 1 N–H and O–H groups in total. The number of hydrazone groups is 1. The lowest BCUT2D eigenvalue weighted by Gasteiger charge is -1.98. The molecule has 0 aliphatic carbocycles. The number of halogens is 1. The van der Waals surface area contributed by atoms with Crippen LogP contribution in [0.5, 0.6) is 0 Å². The van der Waals surface area contributed by atoms with Gasteiger partial charge in [-0.1, -0.05) is 6.08 Å². The molecule has 0 atom stereocenters. The number of hydrogen-bond donors (Lipinski definition) is 1. The predicted octanol–water partition coefficient (Wildman–Crippen LogP) is 3.18. The maximum atomic E-state index is 11.8. The SMILES string of the molecule is O=C(NN=CC=Cc1ccc([N+](=O)[O-])cc1)c1cncc(Br)c1. The molecule has 1 heterocycles. The summed E-state index contributed by atoms with van der Waals surface area (Å²) in [6.45, 7) is 0. The Kier molecular flexibility index (Phi) is 5.70. The first kappa shape index (κ1) is 16.5. The van der Waals surface area contributed by atoms with Crippen LogP contribution in [0.4, 0.5) is 5.69 Å². The average Bonchev–Trinajstić information content (AvgIpc) is 2.54. The quantitative estimate of drug-likeness (QED) is 0.493. The van der Waals surface area contributed by atoms with Gasteiger partial charge in [-0.2, -0.15) is 5.10 Å². The summed E-state index contributed by atoms with van der Waals surface area (Å²) in [7, 11) is 0. The average molecular weight is 375 g/mol. The van der Waals surface area contributed by atoms with Crippen molar-refractivity contribution in [3.05, 3.63) is 74.5 Å². The number of hydrogen-bond acceptors (Lipinski definition) is 5. The second kappa shape index (κ2) is 7.95. The number of nitrogens with zero attached hydrogens (tertiary/aromatic N) is 3. The van der Waals surface area contributed by atoms with Crippen LogP contribution in [0.15, 0.2) is 58.4 Å². The zero-order chi connectivity index (χ0) is 16.7. The van der Waals surface area contributed by atoms with E-state index in [0.717, 1.165) is 5.56 Å². The molecular weight excluding hydrogens is 364 g/mol. The molecule has 0 unspecified atom stereocenters. The Morgan fingerprint density at radius 3 is 2.70 bits per heavy atom. The zero-order valence-corrected chi connectivity index (χ0v) is 13.3. The van der Waals surface area contributed by atoms with Gasteiger partial charge in [-0.15, -0.1) is 0 Å². The molecular formula is C15H11BrN4O3. The Morgan fingerprint density at radius 1 is 1.30 bits per heavy atom. The molecule has 1 aromatic heterocycles. The van der Waals surface area contributed by atoms with Crippen molar-refractivity contribution in [2.24, 2.45) is 5.10 Å². The van der Waals surface area contributed by atoms with Crippen molar-refractivity contribution in [3.63, 3.8) is 0 Å². The number of carbonyl (C=O) groups is 1. The first-order valence-corrected chi connectivity index (χ1v) is 7.20. The first-order chi connectivity index (χ1) is 11.1. The number of non-ortho nitro benzene ring substituents is 1. The van der Waals surface area contributed by atoms with Gasteiger partial charge in [0.2, 0.25) is 0 Å². The maximum absolute atomic E-state index is 11.8. The van der Waals surface area contributed by atoms with Gasteiger partial charge in [0.05, 0.1) is 10.5 Å². The van der Waals surface area contributed by atoms with Crippen molar-refractivity contribution in [1.29, 1.82) is 0 Å². The minimum Gasteiger partial charge on any atom is -0.267 e. The number of carbonyl (C=O) groups excluding carboxylic acids is 1. The van der Waals surface area contributed by atoms with Crippen molar-refractivity contribution in [3.8, 4) is 0 Å². The number of rotatable bonds is 5. The van der Waals surface area contributed by atoms with E-state index in [2.05, 4.69) is 31.4 Å². The Balaban J connectivity index is 1.88. The Labute approximate surface area is 140 Å². The van der Waals surface area contributed by atoms with Crippen molar-refractivity contribution in [2.75, 3.05) is 0 Å². The van der Waals surface area contributed by atoms with Crippen LogP contribution >= 0.6 is 15.9 Å². The van der Waals surface area contributed by atoms with Crippen molar-refractivity contribution < 1.29 is 9.72 Å². The molecule has 116 valence electrons. The van der Waals surface area contributed by atoms with Gasteiger partial charge in [0.15, 0.2) is 0 Å². The van der Waals surface area contributed by atoms with Gasteiger partial charge in [0, 0.05) is 35.2 Å². The van der Waals surface area contributed by atoms with E-state index in [1.165, 1.54) is 24.5 Å². The van der Waals surface area contributed by atoms with Crippen LogP contribution in [0.3, 0.4) is 0 Å². The molecule has 23 heavy (non-hydrogen) atoms. The van der Waals surface area contributed by atoms with E-state index in [0.29, 0.717) is 10.0 Å². The second-order valence-corrected chi connectivity index (χ2v) is 5.23. The third kappa shape index (κ3) is 5.11. The number of nitro groups is 1. The number of nitro benzene ring substituents is 1. The smallest absolute Gasteiger partial charge is 0.267 e. The molecule has 0 fully saturated rings. The fraction of sp³-hybridized carbons (Fsp3) is 0. The van der Waals surface area contributed by atoms with Crippen LogP contribution in [0.25, 0.3) is 6.08 Å². The van der Waals surface area contributed by atoms with E-state index in [1.807, 2.05) is 0 Å². The highest BCUT2D eigenvalue weighted by molar-refractivity contribution is 9.10. The molecule has 7 nitrogen and oxygen atoms in total. The minimum atomic E-state index is -0.457. The van der Waals surface area contributed by atoms with Gasteiger partial charge in [-0.25, -0.2) is 5.43 Å². The molecule has 1 amide bonds. The van der Waals surface area contributed by atoms with Crippen molar-refractivity contribution in [2.45, 2.75) is 0 Å². The summed E-state index contributed by atoms with van der Waals surface area (Å²) in [6, 6.07) is 7.70. The molecule has 0 aliphatic rings. The van der Waals surface area contributed by atoms with Gasteiger partial charge in [-0.05, 0) is 45.8 Å². The summed E-state index contributed by atoms with van der Waals surface area (Å²) in [6.07, 6.45) is 7.74. The minimum absolute atomic E-state index is 0.0331. The van der Waals surface area contributed by atoms with Crippen LogP contribution in [-0.2, 0) is 0 Å². The Bertz CT molecular complexity index is 773. The topological polar surface area (TPSA) is 97.5 Å². The lowest BCUT2D eigenvalue weighted by Crippen LogP contribution is -2.17. The van der Waals surface area contributed by atoms with Gasteiger partial charge in [0.25, 0.3) is 11.6 Å². The van der Waals surface area contributed by atoms with Crippen LogP contribution in [0.1, 0.15) is 15.9 Å². The standard InChI is InChI=1S/C15H11BrN4O3/c16-13-8-12(9-17-10-13)15(21)19-18-7-1-2-11-3-5-14(6-4-11)20(22)23/h1-10H,(H,19,21). The molecule has 2 aromatic rings. The van der Waals surface area contributed by atoms with E-state index in [-0.39, 0.29) is 11.6 Å². The summed E-state index contributed by atoms with van der Waals surface area (Å²) in [5, 5.41) is 14.3. The van der Waals surface area contributed by atoms with Crippen LogP contribution in [-0.4, -0.2) is 22.0 Å². The molecule has 8 heteroatoms. The van der Waals surface area contributed by atoms with Crippen molar-refractivity contribution in [1.82, 2.24) is 10.4 Å². The molecule has 2 rings (SSSR count). The summed E-state index contributed by atoms with van der Waals surface area (Å²) in [5.41, 5.74) is 3.57. The fourth-order valence-electron chi connectivity index (χ4n) is 1.60. The van der Waals surface area contributed by atoms with E-state index >= 15 is 0 Å². The van der Waals surface area contributed by atoms with Crippen LogP contribution in [0, 0.1) is 10.1 Å². The van der Waals surface area contributed by atoms with E-state index < -0.39 is 4.92 Å². The number of amides is 1. The summed E-state index contributed by atoms with van der Waals surface area (Å²) >= 11 is 3.23. The Hall–Kier alpha value is -2.87. The third-order valence-corrected chi connectivity index (χ3v) is 3.12. The number of pyridine rings is 1. The van der Waals surface area contributed by atoms with Gasteiger partial charge >= 0.3 is 0 Å². The van der Waals surface area contributed by atoms with Gasteiger partial charge < -0.3 is 0 Å². The molecule has 0 spiro atoms. The number of benzene rings is 1. The van der Waals surface area contributed by atoms with Gasteiger partial charge in [0.1, 0.15) is 0 Å². The Morgan fingerprint density at radius 2 is 2.04 bits per heavy atom. The molecule has 0 bridgehead atoms. The molecule has 1 aromatic carbocycles. The van der Waals surface area contributed by atoms with Gasteiger partial charge in [-0.3, -0.25) is 19.9 Å². The summed E-state index contributed by atoms with van der Waals surface area (Å²) < 4.78 is 0.701. The highest BCUT2D eigenvalue weighted by Gasteiger charge is 2.04. The monoisotopic (exact) mass is 374 g/mol. The van der Waals surface area contributed by atoms with Crippen LogP contribution < -0.4 is 5.43 Å². The summed E-state index contributed by atoms with van der Waals surface area (Å²) in [4.78, 5) is 25.7. The zero-order valence-electron chi connectivity index (χ0n) is 11.7. The number of nitrogens with one attached hydrogen (secondary N) is 1. The molecule has 0 saturated carbocycles.